The molecule has 2 N–H and O–H groups in total. The third kappa shape index (κ3) is 4.83. The topological polar surface area (TPSA) is 70.0 Å². The van der Waals surface area contributed by atoms with Crippen LogP contribution in [0.4, 0.5) is 28.9 Å². The van der Waals surface area contributed by atoms with Gasteiger partial charge in [-0.05, 0) is 47.5 Å². The van der Waals surface area contributed by atoms with E-state index in [9.17, 15) is 18.0 Å². The molecule has 168 valence electrons. The standard InChI is InChI=1S/C23H19F4NO4/c1-28(18-12-14(5-6-16(18)25)13-3-2-4-15(24)11-13)22-17(26)7-8-19(21(22)27)32-20(9-10-29)23(30)31/h2-8,11-12,20,29H,9-10H2,1H3,(H,30,31). The fraction of sp³-hybridized carbons (Fsp3) is 0.174. The molecule has 0 saturated carbocycles. The lowest BCUT2D eigenvalue weighted by atomic mass is 10.0. The zero-order chi connectivity index (χ0) is 23.4. The first-order valence-electron chi connectivity index (χ1n) is 9.50. The maximum atomic E-state index is 15.1. The number of ether oxygens (including phenoxy) is 1. The van der Waals surface area contributed by atoms with Crippen molar-refractivity contribution in [3.8, 4) is 16.9 Å². The van der Waals surface area contributed by atoms with Crippen LogP contribution in [0.25, 0.3) is 11.1 Å². The number of aliphatic hydroxyl groups is 1. The Kier molecular flexibility index (Phi) is 6.99. The molecule has 0 amide bonds. The van der Waals surface area contributed by atoms with Crippen LogP contribution >= 0.6 is 0 Å². The summed E-state index contributed by atoms with van der Waals surface area (Å²) in [5.41, 5.74) is -0.0291. The summed E-state index contributed by atoms with van der Waals surface area (Å²) >= 11 is 0. The number of carbonyl (C=O) groups is 1. The number of carboxylic acids is 1. The van der Waals surface area contributed by atoms with Crippen molar-refractivity contribution < 1.29 is 37.3 Å². The van der Waals surface area contributed by atoms with Crippen molar-refractivity contribution in [2.75, 3.05) is 18.6 Å². The zero-order valence-electron chi connectivity index (χ0n) is 16.9. The molecule has 0 heterocycles. The second-order valence-electron chi connectivity index (χ2n) is 6.90. The number of aliphatic carboxylic acids is 1. The van der Waals surface area contributed by atoms with Gasteiger partial charge in [0.05, 0.1) is 5.69 Å². The SMILES string of the molecule is CN(c1cc(-c2cccc(F)c2)ccc1F)c1c(F)ccc(OC(CCO)C(=O)O)c1F. The highest BCUT2D eigenvalue weighted by molar-refractivity contribution is 5.74. The van der Waals surface area contributed by atoms with Crippen LogP contribution in [0.3, 0.4) is 0 Å². The molecule has 0 bridgehead atoms. The minimum Gasteiger partial charge on any atom is -0.479 e. The van der Waals surface area contributed by atoms with Crippen molar-refractivity contribution in [2.24, 2.45) is 0 Å². The average molecular weight is 449 g/mol. The van der Waals surface area contributed by atoms with E-state index in [4.69, 9.17) is 14.9 Å². The van der Waals surface area contributed by atoms with Gasteiger partial charge in [-0.3, -0.25) is 0 Å². The Morgan fingerprint density at radius 1 is 1.00 bits per heavy atom. The molecule has 0 radical (unpaired) electrons. The van der Waals surface area contributed by atoms with E-state index < -0.39 is 53.4 Å². The van der Waals surface area contributed by atoms with E-state index in [-0.39, 0.29) is 12.1 Å². The number of anilines is 2. The molecule has 0 aromatic heterocycles. The number of nitrogens with zero attached hydrogens (tertiary/aromatic N) is 1. The second kappa shape index (κ2) is 9.69. The predicted molar refractivity (Wildman–Crippen MR) is 110 cm³/mol. The fourth-order valence-corrected chi connectivity index (χ4v) is 3.16. The van der Waals surface area contributed by atoms with Gasteiger partial charge in [0.25, 0.3) is 0 Å². The number of carboxylic acid groups (broad SMARTS) is 1. The summed E-state index contributed by atoms with van der Waals surface area (Å²) in [5.74, 6) is -5.59. The highest BCUT2D eigenvalue weighted by atomic mass is 19.1. The Labute approximate surface area is 181 Å². The van der Waals surface area contributed by atoms with Crippen molar-refractivity contribution in [1.29, 1.82) is 0 Å². The zero-order valence-corrected chi connectivity index (χ0v) is 16.9. The Hall–Kier alpha value is -3.59. The molecule has 32 heavy (non-hydrogen) atoms. The van der Waals surface area contributed by atoms with Gasteiger partial charge in [0.15, 0.2) is 17.7 Å². The summed E-state index contributed by atoms with van der Waals surface area (Å²) < 4.78 is 62.9. The second-order valence-corrected chi connectivity index (χ2v) is 6.90. The van der Waals surface area contributed by atoms with Crippen molar-refractivity contribution >= 4 is 17.3 Å². The Morgan fingerprint density at radius 3 is 2.34 bits per heavy atom. The van der Waals surface area contributed by atoms with E-state index in [1.165, 1.54) is 37.4 Å². The predicted octanol–water partition coefficient (Wildman–Crippen LogP) is 4.89. The summed E-state index contributed by atoms with van der Waals surface area (Å²) in [4.78, 5) is 12.1. The third-order valence-electron chi connectivity index (χ3n) is 4.77. The molecule has 0 fully saturated rings. The quantitative estimate of drug-likeness (QED) is 0.479. The number of hydrogen-bond acceptors (Lipinski definition) is 4. The summed E-state index contributed by atoms with van der Waals surface area (Å²) in [7, 11) is 1.22. The molecule has 0 aliphatic heterocycles. The van der Waals surface area contributed by atoms with E-state index in [0.717, 1.165) is 23.1 Å². The van der Waals surface area contributed by atoms with Crippen molar-refractivity contribution in [2.45, 2.75) is 12.5 Å². The Morgan fingerprint density at radius 2 is 1.69 bits per heavy atom. The lowest BCUT2D eigenvalue weighted by Crippen LogP contribution is -2.28. The molecule has 0 aliphatic rings. The van der Waals surface area contributed by atoms with E-state index in [2.05, 4.69) is 0 Å². The molecule has 3 aromatic carbocycles. The van der Waals surface area contributed by atoms with Crippen LogP contribution in [-0.2, 0) is 4.79 Å². The molecular formula is C23H19F4NO4. The van der Waals surface area contributed by atoms with E-state index in [1.54, 1.807) is 6.07 Å². The maximum absolute atomic E-state index is 15.1. The van der Waals surface area contributed by atoms with Crippen LogP contribution in [0.2, 0.25) is 0 Å². The number of hydrogen-bond donors (Lipinski definition) is 2. The summed E-state index contributed by atoms with van der Waals surface area (Å²) in [6.07, 6.45) is -1.88. The molecule has 0 saturated heterocycles. The van der Waals surface area contributed by atoms with Gasteiger partial charge in [0.2, 0.25) is 0 Å². The molecule has 1 atom stereocenters. The number of halogens is 4. The molecule has 0 aliphatic carbocycles. The number of benzene rings is 3. The van der Waals surface area contributed by atoms with Crippen LogP contribution in [0.5, 0.6) is 5.75 Å². The van der Waals surface area contributed by atoms with Crippen LogP contribution in [0, 0.1) is 23.3 Å². The van der Waals surface area contributed by atoms with E-state index >= 15 is 4.39 Å². The van der Waals surface area contributed by atoms with Crippen molar-refractivity contribution in [3.05, 3.63) is 77.9 Å². The Bertz CT molecular complexity index is 1140. The first-order chi connectivity index (χ1) is 15.2. The van der Waals surface area contributed by atoms with Gasteiger partial charge in [-0.25, -0.2) is 22.4 Å². The summed E-state index contributed by atoms with van der Waals surface area (Å²) in [5, 5.41) is 18.1. The van der Waals surface area contributed by atoms with E-state index in [0.29, 0.717) is 11.1 Å². The van der Waals surface area contributed by atoms with Gasteiger partial charge < -0.3 is 19.8 Å². The van der Waals surface area contributed by atoms with Crippen LogP contribution < -0.4 is 9.64 Å². The molecule has 5 nitrogen and oxygen atoms in total. The fourth-order valence-electron chi connectivity index (χ4n) is 3.16. The lowest BCUT2D eigenvalue weighted by Gasteiger charge is -2.24. The lowest BCUT2D eigenvalue weighted by molar-refractivity contribution is -0.145. The minimum absolute atomic E-state index is 0.202. The van der Waals surface area contributed by atoms with Gasteiger partial charge >= 0.3 is 5.97 Å². The van der Waals surface area contributed by atoms with Gasteiger partial charge in [-0.1, -0.05) is 18.2 Å². The minimum atomic E-state index is -1.56. The first kappa shape index (κ1) is 23.1. The smallest absolute Gasteiger partial charge is 0.344 e. The summed E-state index contributed by atoms with van der Waals surface area (Å²) in [6.45, 7) is -0.523. The van der Waals surface area contributed by atoms with Crippen LogP contribution in [0.15, 0.2) is 54.6 Å². The Balaban J connectivity index is 2.03. The maximum Gasteiger partial charge on any atom is 0.344 e. The normalized spacial score (nSPS) is 11.8. The van der Waals surface area contributed by atoms with Crippen molar-refractivity contribution in [3.63, 3.8) is 0 Å². The molecule has 3 rings (SSSR count). The highest BCUT2D eigenvalue weighted by Gasteiger charge is 2.25. The van der Waals surface area contributed by atoms with Gasteiger partial charge in [-0.2, -0.15) is 0 Å². The van der Waals surface area contributed by atoms with Gasteiger partial charge in [-0.15, -0.1) is 0 Å². The van der Waals surface area contributed by atoms with Gasteiger partial charge in [0.1, 0.15) is 23.1 Å². The van der Waals surface area contributed by atoms with Crippen molar-refractivity contribution in [1.82, 2.24) is 0 Å². The third-order valence-corrected chi connectivity index (χ3v) is 4.77. The summed E-state index contributed by atoms with van der Waals surface area (Å²) in [6, 6.07) is 11.1. The monoisotopic (exact) mass is 449 g/mol. The molecule has 3 aromatic rings. The largest absolute Gasteiger partial charge is 0.479 e. The van der Waals surface area contributed by atoms with Gasteiger partial charge in [0, 0.05) is 20.1 Å². The molecular weight excluding hydrogens is 430 g/mol. The molecule has 0 spiro atoms. The van der Waals surface area contributed by atoms with Crippen LogP contribution in [-0.4, -0.2) is 35.9 Å². The number of aliphatic hydroxyl groups excluding tert-OH is 1. The first-order valence-corrected chi connectivity index (χ1v) is 9.50. The average Bonchev–Trinajstić information content (AvgIpc) is 2.75. The van der Waals surface area contributed by atoms with E-state index in [1.807, 2.05) is 0 Å². The number of rotatable bonds is 8. The van der Waals surface area contributed by atoms with Crippen LogP contribution in [0.1, 0.15) is 6.42 Å². The molecule has 1 unspecified atom stereocenters. The molecule has 9 heteroatoms. The highest BCUT2D eigenvalue weighted by Crippen LogP contribution is 2.37.